The molecule has 0 spiro atoms. The highest BCUT2D eigenvalue weighted by Crippen LogP contribution is 2.18. The van der Waals surface area contributed by atoms with Gasteiger partial charge in [-0.3, -0.25) is 9.59 Å². The van der Waals surface area contributed by atoms with Crippen molar-refractivity contribution in [2.24, 2.45) is 0 Å². The van der Waals surface area contributed by atoms with Crippen LogP contribution in [0, 0.1) is 6.92 Å². The second kappa shape index (κ2) is 10.8. The molecule has 32 heavy (non-hydrogen) atoms. The Labute approximate surface area is 186 Å². The minimum Gasteiger partial charge on any atom is -0.462 e. The predicted molar refractivity (Wildman–Crippen MR) is 121 cm³/mol. The highest BCUT2D eigenvalue weighted by atomic mass is 16.5. The molecule has 0 bridgehead atoms. The Hall–Kier alpha value is -4.13. The molecule has 2 amide bonds. The number of para-hydroxylation sites is 1. The Morgan fingerprint density at radius 1 is 1.00 bits per heavy atom. The number of carbonyl (C=O) groups is 3. The highest BCUT2D eigenvalue weighted by Gasteiger charge is 2.16. The molecule has 0 saturated carbocycles. The summed E-state index contributed by atoms with van der Waals surface area (Å²) in [5, 5.41) is 5.53. The van der Waals surface area contributed by atoms with Gasteiger partial charge in [-0.15, -0.1) is 0 Å². The maximum absolute atomic E-state index is 12.8. The molecule has 2 N–H and O–H groups in total. The molecule has 3 aromatic rings. The summed E-state index contributed by atoms with van der Waals surface area (Å²) in [7, 11) is 0. The lowest BCUT2D eigenvalue weighted by molar-refractivity contribution is -0.142. The zero-order chi connectivity index (χ0) is 22.9. The molecule has 0 radical (unpaired) electrons. The van der Waals surface area contributed by atoms with Crippen molar-refractivity contribution in [3.63, 3.8) is 0 Å². The van der Waals surface area contributed by atoms with Crippen LogP contribution >= 0.6 is 0 Å². The molecule has 7 nitrogen and oxygen atoms in total. The molecule has 1 atom stereocenters. The number of amides is 2. The van der Waals surface area contributed by atoms with Gasteiger partial charge in [-0.1, -0.05) is 42.5 Å². The lowest BCUT2D eigenvalue weighted by atomic mass is 10.1. The lowest BCUT2D eigenvalue weighted by Gasteiger charge is -2.16. The Morgan fingerprint density at radius 2 is 1.72 bits per heavy atom. The van der Waals surface area contributed by atoms with E-state index in [-0.39, 0.29) is 11.9 Å². The van der Waals surface area contributed by atoms with E-state index < -0.39 is 18.5 Å². The van der Waals surface area contributed by atoms with Gasteiger partial charge < -0.3 is 19.8 Å². The highest BCUT2D eigenvalue weighted by molar-refractivity contribution is 6.04. The molecule has 2 aromatic carbocycles. The van der Waals surface area contributed by atoms with Crippen molar-refractivity contribution in [2.45, 2.75) is 19.9 Å². The monoisotopic (exact) mass is 432 g/mol. The third-order valence-electron chi connectivity index (χ3n) is 4.58. The fraction of sp³-hybridized carbons (Fsp3) is 0.160. The smallest absolute Gasteiger partial charge is 0.331 e. The van der Waals surface area contributed by atoms with Crippen molar-refractivity contribution in [3.05, 3.63) is 95.5 Å². The van der Waals surface area contributed by atoms with E-state index >= 15 is 0 Å². The molecular weight excluding hydrogens is 408 g/mol. The van der Waals surface area contributed by atoms with E-state index in [1.807, 2.05) is 37.3 Å². The van der Waals surface area contributed by atoms with Crippen molar-refractivity contribution in [3.8, 4) is 0 Å². The average molecular weight is 432 g/mol. The summed E-state index contributed by atoms with van der Waals surface area (Å²) < 4.78 is 10.3. The topological polar surface area (TPSA) is 97.6 Å². The van der Waals surface area contributed by atoms with Gasteiger partial charge in [0.25, 0.3) is 11.8 Å². The van der Waals surface area contributed by atoms with Crippen molar-refractivity contribution in [2.75, 3.05) is 11.9 Å². The molecule has 0 aliphatic carbocycles. The first-order valence-corrected chi connectivity index (χ1v) is 10.1. The summed E-state index contributed by atoms with van der Waals surface area (Å²) in [5.41, 5.74) is 1.60. The summed E-state index contributed by atoms with van der Waals surface area (Å²) >= 11 is 0. The second-order valence-corrected chi connectivity index (χ2v) is 7.09. The maximum Gasteiger partial charge on any atom is 0.331 e. The van der Waals surface area contributed by atoms with E-state index in [0.29, 0.717) is 17.0 Å². The number of furan rings is 1. The maximum atomic E-state index is 12.8. The van der Waals surface area contributed by atoms with Crippen LogP contribution in [0.4, 0.5) is 5.69 Å². The predicted octanol–water partition coefficient (Wildman–Crippen LogP) is 4.27. The van der Waals surface area contributed by atoms with Crippen LogP contribution in [0.25, 0.3) is 6.08 Å². The zero-order valence-electron chi connectivity index (χ0n) is 17.8. The molecule has 3 rings (SSSR count). The number of benzene rings is 2. The fourth-order valence-corrected chi connectivity index (χ4v) is 2.95. The van der Waals surface area contributed by atoms with E-state index in [0.717, 1.165) is 11.3 Å². The lowest BCUT2D eigenvalue weighted by Crippen LogP contribution is -2.28. The van der Waals surface area contributed by atoms with Gasteiger partial charge in [0.05, 0.1) is 17.3 Å². The molecule has 1 unspecified atom stereocenters. The van der Waals surface area contributed by atoms with E-state index in [1.54, 1.807) is 43.3 Å². The van der Waals surface area contributed by atoms with Gasteiger partial charge in [0.2, 0.25) is 0 Å². The Bertz CT molecular complexity index is 1120. The summed E-state index contributed by atoms with van der Waals surface area (Å²) in [5.74, 6) is -0.341. The van der Waals surface area contributed by atoms with Gasteiger partial charge in [-0.25, -0.2) is 4.79 Å². The van der Waals surface area contributed by atoms with Crippen LogP contribution < -0.4 is 10.6 Å². The molecule has 0 saturated heterocycles. The number of esters is 1. The molecule has 0 aliphatic heterocycles. The Morgan fingerprint density at radius 3 is 2.44 bits per heavy atom. The minimum absolute atomic E-state index is 0.210. The first-order valence-electron chi connectivity index (χ1n) is 10.1. The first-order chi connectivity index (χ1) is 15.4. The molecule has 1 aromatic heterocycles. The second-order valence-electron chi connectivity index (χ2n) is 7.09. The first kappa shape index (κ1) is 22.6. The van der Waals surface area contributed by atoms with Crippen molar-refractivity contribution >= 4 is 29.5 Å². The van der Waals surface area contributed by atoms with Crippen molar-refractivity contribution in [1.29, 1.82) is 0 Å². The zero-order valence-corrected chi connectivity index (χ0v) is 17.8. The minimum atomic E-state index is -0.683. The van der Waals surface area contributed by atoms with Crippen LogP contribution in [0.1, 0.15) is 40.4 Å². The normalized spacial score (nSPS) is 11.7. The average Bonchev–Trinajstić information content (AvgIpc) is 3.22. The molecular formula is C25H24N2O5. The Kier molecular flexibility index (Phi) is 7.59. The molecule has 164 valence electrons. The number of rotatable bonds is 8. The fourth-order valence-electron chi connectivity index (χ4n) is 2.95. The molecule has 1 heterocycles. The number of anilines is 1. The number of nitrogens with one attached hydrogen (secondary N) is 2. The van der Waals surface area contributed by atoms with Crippen LogP contribution in [0.3, 0.4) is 0 Å². The van der Waals surface area contributed by atoms with Crippen LogP contribution in [0.15, 0.2) is 77.2 Å². The van der Waals surface area contributed by atoms with Gasteiger partial charge in [0.1, 0.15) is 11.5 Å². The number of carbonyl (C=O) groups excluding carboxylic acids is 3. The molecule has 7 heteroatoms. The van der Waals surface area contributed by atoms with Crippen LogP contribution in [-0.4, -0.2) is 24.4 Å². The largest absolute Gasteiger partial charge is 0.462 e. The summed E-state index contributed by atoms with van der Waals surface area (Å²) in [4.78, 5) is 36.8. The van der Waals surface area contributed by atoms with Crippen LogP contribution in [0.5, 0.6) is 0 Å². The Balaban J connectivity index is 1.55. The molecule has 0 fully saturated rings. The van der Waals surface area contributed by atoms with E-state index in [2.05, 4.69) is 10.6 Å². The molecule has 0 aliphatic rings. The van der Waals surface area contributed by atoms with Crippen LogP contribution in [0.2, 0.25) is 0 Å². The van der Waals surface area contributed by atoms with Crippen molar-refractivity contribution < 1.29 is 23.5 Å². The van der Waals surface area contributed by atoms with E-state index in [1.165, 1.54) is 12.2 Å². The third kappa shape index (κ3) is 6.43. The number of aryl methyl sites for hydroxylation is 1. The van der Waals surface area contributed by atoms with E-state index in [9.17, 15) is 14.4 Å². The number of ether oxygens (including phenoxy) is 1. The van der Waals surface area contributed by atoms with Gasteiger partial charge in [-0.2, -0.15) is 0 Å². The standard InChI is InChI=1S/C25H24N2O5/c1-17-12-13-20(32-17)14-15-24(29)31-16-23(28)27-22-11-7-6-10-21(22)25(30)26-18(2)19-8-4-3-5-9-19/h3-15,18H,16H2,1-2H3,(H,26,30)(H,27,28)/b15-14+. The quantitative estimate of drug-likeness (QED) is 0.409. The SMILES string of the molecule is Cc1ccc(/C=C/C(=O)OCC(=O)Nc2ccccc2C(=O)NC(C)c2ccccc2)o1. The summed E-state index contributed by atoms with van der Waals surface area (Å²) in [6, 6.07) is 19.5. The number of hydrogen-bond acceptors (Lipinski definition) is 5. The summed E-state index contributed by atoms with van der Waals surface area (Å²) in [6.07, 6.45) is 2.64. The summed E-state index contributed by atoms with van der Waals surface area (Å²) in [6.45, 7) is 3.18. The number of hydrogen-bond donors (Lipinski definition) is 2. The van der Waals surface area contributed by atoms with Gasteiger partial charge in [0, 0.05) is 6.08 Å². The van der Waals surface area contributed by atoms with Crippen LogP contribution in [-0.2, 0) is 14.3 Å². The van der Waals surface area contributed by atoms with Crippen molar-refractivity contribution in [1.82, 2.24) is 5.32 Å². The van der Waals surface area contributed by atoms with Gasteiger partial charge >= 0.3 is 5.97 Å². The van der Waals surface area contributed by atoms with Gasteiger partial charge in [-0.05, 0) is 49.8 Å². The third-order valence-corrected chi connectivity index (χ3v) is 4.58. The van der Waals surface area contributed by atoms with E-state index in [4.69, 9.17) is 9.15 Å². The van der Waals surface area contributed by atoms with Gasteiger partial charge in [0.15, 0.2) is 6.61 Å².